The Morgan fingerprint density at radius 3 is 2.19 bits per heavy atom. The number of esters is 1. The average molecular weight is 438 g/mol. The fourth-order valence-electron chi connectivity index (χ4n) is 2.32. The van der Waals surface area contributed by atoms with Gasteiger partial charge in [0.25, 0.3) is 5.91 Å². The summed E-state index contributed by atoms with van der Waals surface area (Å²) in [6, 6.07) is 8.33. The molecule has 2 aromatic carbocycles. The van der Waals surface area contributed by atoms with Gasteiger partial charge in [-0.3, -0.25) is 4.79 Å². The van der Waals surface area contributed by atoms with E-state index in [0.717, 1.165) is 10.0 Å². The van der Waals surface area contributed by atoms with Gasteiger partial charge in [0.2, 0.25) is 0 Å². The van der Waals surface area contributed by atoms with Crippen molar-refractivity contribution in [2.75, 3.05) is 33.3 Å². The number of hydrogen-bond acceptors (Lipinski definition) is 6. The molecule has 0 aliphatic carbocycles. The maximum Gasteiger partial charge on any atom is 0.342 e. The number of rotatable bonds is 7. The van der Waals surface area contributed by atoms with Crippen LogP contribution in [0.4, 0.5) is 5.69 Å². The fraction of sp³-hybridized carbons (Fsp3) is 0.263. The molecular formula is C19H20BrNO6. The van der Waals surface area contributed by atoms with Crippen LogP contribution in [-0.2, 0) is 9.53 Å². The van der Waals surface area contributed by atoms with Crippen LogP contribution in [0.15, 0.2) is 34.8 Å². The molecule has 8 heteroatoms. The molecule has 0 aromatic heterocycles. The van der Waals surface area contributed by atoms with E-state index in [9.17, 15) is 9.59 Å². The molecule has 0 heterocycles. The zero-order valence-electron chi connectivity index (χ0n) is 15.4. The van der Waals surface area contributed by atoms with Crippen LogP contribution < -0.4 is 19.5 Å². The first kappa shape index (κ1) is 20.6. The molecular weight excluding hydrogens is 418 g/mol. The third-order valence-electron chi connectivity index (χ3n) is 3.70. The Balaban J connectivity index is 2.06. The monoisotopic (exact) mass is 437 g/mol. The number of carbonyl (C=O) groups excluding carboxylic acids is 2. The molecule has 0 unspecified atom stereocenters. The molecule has 27 heavy (non-hydrogen) atoms. The summed E-state index contributed by atoms with van der Waals surface area (Å²) in [7, 11) is 4.34. The van der Waals surface area contributed by atoms with Gasteiger partial charge in [0.1, 0.15) is 11.3 Å². The summed E-state index contributed by atoms with van der Waals surface area (Å²) < 4.78 is 21.6. The minimum absolute atomic E-state index is 0.127. The Bertz CT molecular complexity index is 852. The summed E-state index contributed by atoms with van der Waals surface area (Å²) in [5.41, 5.74) is 1.71. The van der Waals surface area contributed by atoms with Gasteiger partial charge in [0, 0.05) is 22.3 Å². The highest BCUT2D eigenvalue weighted by Gasteiger charge is 2.20. The van der Waals surface area contributed by atoms with E-state index in [-0.39, 0.29) is 11.3 Å². The van der Waals surface area contributed by atoms with Crippen molar-refractivity contribution in [2.45, 2.75) is 6.92 Å². The van der Waals surface area contributed by atoms with Gasteiger partial charge in [-0.1, -0.05) is 15.9 Å². The Morgan fingerprint density at radius 2 is 1.59 bits per heavy atom. The predicted molar refractivity (Wildman–Crippen MR) is 104 cm³/mol. The first-order valence-electron chi connectivity index (χ1n) is 7.92. The zero-order valence-corrected chi connectivity index (χ0v) is 17.0. The lowest BCUT2D eigenvalue weighted by atomic mass is 10.1. The summed E-state index contributed by atoms with van der Waals surface area (Å²) in [6.45, 7) is 1.47. The molecule has 2 rings (SSSR count). The zero-order chi connectivity index (χ0) is 20.0. The second-order valence-electron chi connectivity index (χ2n) is 5.50. The minimum atomic E-state index is -0.713. The van der Waals surface area contributed by atoms with Crippen molar-refractivity contribution in [3.8, 4) is 17.2 Å². The molecule has 0 spiro atoms. The summed E-state index contributed by atoms with van der Waals surface area (Å²) in [5, 5.41) is 2.67. The van der Waals surface area contributed by atoms with Crippen LogP contribution in [0.2, 0.25) is 0 Å². The van der Waals surface area contributed by atoms with Crippen LogP contribution in [0.5, 0.6) is 17.2 Å². The normalized spacial score (nSPS) is 10.1. The van der Waals surface area contributed by atoms with Crippen LogP contribution in [-0.4, -0.2) is 39.8 Å². The molecule has 0 radical (unpaired) electrons. The van der Waals surface area contributed by atoms with Crippen LogP contribution in [0.1, 0.15) is 15.9 Å². The number of benzene rings is 2. The lowest BCUT2D eigenvalue weighted by molar-refractivity contribution is -0.119. The second-order valence-corrected chi connectivity index (χ2v) is 6.35. The molecule has 1 amide bonds. The molecule has 2 aromatic rings. The first-order valence-corrected chi connectivity index (χ1v) is 8.72. The van der Waals surface area contributed by atoms with Crippen LogP contribution in [0.25, 0.3) is 0 Å². The van der Waals surface area contributed by atoms with E-state index in [4.69, 9.17) is 18.9 Å². The number of ether oxygens (including phenoxy) is 4. The Hall–Kier alpha value is -2.74. The minimum Gasteiger partial charge on any atom is -0.496 e. The van der Waals surface area contributed by atoms with Crippen molar-refractivity contribution in [1.29, 1.82) is 0 Å². The van der Waals surface area contributed by atoms with E-state index in [0.29, 0.717) is 17.2 Å². The average Bonchev–Trinajstić information content (AvgIpc) is 2.67. The van der Waals surface area contributed by atoms with E-state index in [2.05, 4.69) is 21.2 Å². The molecule has 0 aliphatic heterocycles. The Morgan fingerprint density at radius 1 is 0.963 bits per heavy atom. The Kier molecular flexibility index (Phi) is 7.06. The van der Waals surface area contributed by atoms with Crippen LogP contribution in [0.3, 0.4) is 0 Å². The molecule has 0 aliphatic rings. The fourth-order valence-corrected chi connectivity index (χ4v) is 2.56. The first-order chi connectivity index (χ1) is 12.9. The highest BCUT2D eigenvalue weighted by molar-refractivity contribution is 9.10. The molecule has 0 fully saturated rings. The molecule has 0 saturated heterocycles. The number of hydrogen-bond donors (Lipinski definition) is 1. The van der Waals surface area contributed by atoms with E-state index >= 15 is 0 Å². The smallest absolute Gasteiger partial charge is 0.342 e. The van der Waals surface area contributed by atoms with Crippen LogP contribution >= 0.6 is 15.9 Å². The van der Waals surface area contributed by atoms with Crippen LogP contribution in [0, 0.1) is 6.92 Å². The van der Waals surface area contributed by atoms with E-state index in [1.54, 1.807) is 12.1 Å². The molecule has 7 nitrogen and oxygen atoms in total. The summed E-state index contributed by atoms with van der Waals surface area (Å²) in [6.07, 6.45) is 0. The van der Waals surface area contributed by atoms with E-state index in [1.165, 1.54) is 33.5 Å². The molecule has 0 bridgehead atoms. The van der Waals surface area contributed by atoms with Gasteiger partial charge in [0.05, 0.1) is 21.3 Å². The van der Waals surface area contributed by atoms with Crippen molar-refractivity contribution in [1.82, 2.24) is 0 Å². The number of carbonyl (C=O) groups is 2. The maximum absolute atomic E-state index is 12.4. The highest BCUT2D eigenvalue weighted by Crippen LogP contribution is 2.34. The molecule has 1 N–H and O–H groups in total. The van der Waals surface area contributed by atoms with Crippen molar-refractivity contribution in [2.24, 2.45) is 0 Å². The lowest BCUT2D eigenvalue weighted by Crippen LogP contribution is -2.21. The van der Waals surface area contributed by atoms with Gasteiger partial charge in [0.15, 0.2) is 18.1 Å². The van der Waals surface area contributed by atoms with Gasteiger partial charge in [-0.15, -0.1) is 0 Å². The lowest BCUT2D eigenvalue weighted by Gasteiger charge is -2.13. The van der Waals surface area contributed by atoms with Gasteiger partial charge in [-0.2, -0.15) is 0 Å². The highest BCUT2D eigenvalue weighted by atomic mass is 79.9. The van der Waals surface area contributed by atoms with Gasteiger partial charge in [-0.05, 0) is 30.7 Å². The Labute approximate surface area is 165 Å². The van der Waals surface area contributed by atoms with Crippen molar-refractivity contribution in [3.05, 3.63) is 45.9 Å². The number of aryl methyl sites for hydroxylation is 1. The molecule has 0 saturated carbocycles. The largest absolute Gasteiger partial charge is 0.496 e. The van der Waals surface area contributed by atoms with Crippen molar-refractivity contribution in [3.63, 3.8) is 0 Å². The quantitative estimate of drug-likeness (QED) is 0.666. The van der Waals surface area contributed by atoms with Gasteiger partial charge in [-0.25, -0.2) is 4.79 Å². The maximum atomic E-state index is 12.4. The van der Waals surface area contributed by atoms with E-state index < -0.39 is 18.5 Å². The second kappa shape index (κ2) is 9.27. The summed E-state index contributed by atoms with van der Waals surface area (Å²) >= 11 is 3.39. The van der Waals surface area contributed by atoms with Crippen molar-refractivity contribution >= 4 is 33.5 Å². The number of amides is 1. The van der Waals surface area contributed by atoms with Gasteiger partial charge >= 0.3 is 5.97 Å². The topological polar surface area (TPSA) is 83.1 Å². The van der Waals surface area contributed by atoms with E-state index in [1.807, 2.05) is 13.0 Å². The van der Waals surface area contributed by atoms with Gasteiger partial charge < -0.3 is 24.3 Å². The number of nitrogens with one attached hydrogen (secondary N) is 1. The summed E-state index contributed by atoms with van der Waals surface area (Å²) in [4.78, 5) is 24.4. The summed E-state index contributed by atoms with van der Waals surface area (Å²) in [5.74, 6) is -0.157. The van der Waals surface area contributed by atoms with Crippen molar-refractivity contribution < 1.29 is 28.5 Å². The number of anilines is 1. The number of methoxy groups -OCH3 is 3. The third kappa shape index (κ3) is 5.13. The third-order valence-corrected chi connectivity index (χ3v) is 4.59. The number of halogens is 1. The SMILES string of the molecule is COc1cc(OC)c(C(=O)OCC(=O)Nc2ccc(Br)c(C)c2)cc1OC. The molecule has 144 valence electrons. The standard InChI is InChI=1S/C19H20BrNO6/c1-11-7-12(5-6-14(11)20)21-18(22)10-27-19(23)13-8-16(25-3)17(26-4)9-15(13)24-2/h5-9H,10H2,1-4H3,(H,21,22). The predicted octanol–water partition coefficient (Wildman–Crippen LogP) is 3.58. The molecule has 0 atom stereocenters.